The SMILES string of the molecule is CCNC(Cc1nc(COC)no1)CC(C)C. The summed E-state index contributed by atoms with van der Waals surface area (Å²) in [6, 6.07) is 0.399. The predicted octanol–water partition coefficient (Wildman–Crippen LogP) is 1.78. The molecule has 0 bridgehead atoms. The Morgan fingerprint density at radius 3 is 2.76 bits per heavy atom. The molecule has 1 heterocycles. The zero-order valence-corrected chi connectivity index (χ0v) is 11.2. The average Bonchev–Trinajstić information content (AvgIpc) is 2.65. The van der Waals surface area contributed by atoms with Gasteiger partial charge in [0.15, 0.2) is 5.82 Å². The van der Waals surface area contributed by atoms with Gasteiger partial charge in [0.05, 0.1) is 0 Å². The van der Waals surface area contributed by atoms with Gasteiger partial charge in [-0.3, -0.25) is 0 Å². The Balaban J connectivity index is 2.52. The van der Waals surface area contributed by atoms with Crippen LogP contribution < -0.4 is 5.32 Å². The summed E-state index contributed by atoms with van der Waals surface area (Å²) in [6.45, 7) is 7.90. The fourth-order valence-corrected chi connectivity index (χ4v) is 1.87. The van der Waals surface area contributed by atoms with Crippen LogP contribution in [0.1, 0.15) is 38.9 Å². The number of hydrogen-bond acceptors (Lipinski definition) is 5. The molecule has 0 aliphatic heterocycles. The summed E-state index contributed by atoms with van der Waals surface area (Å²) in [6.07, 6.45) is 1.89. The van der Waals surface area contributed by atoms with Crippen molar-refractivity contribution in [1.29, 1.82) is 0 Å². The highest BCUT2D eigenvalue weighted by Crippen LogP contribution is 2.10. The monoisotopic (exact) mass is 241 g/mol. The molecule has 1 atom stereocenters. The third-order valence-electron chi connectivity index (χ3n) is 2.45. The number of rotatable bonds is 8. The lowest BCUT2D eigenvalue weighted by molar-refractivity contribution is 0.174. The van der Waals surface area contributed by atoms with Crippen LogP contribution in [-0.4, -0.2) is 29.8 Å². The summed E-state index contributed by atoms with van der Waals surface area (Å²) in [5.74, 6) is 1.95. The maximum absolute atomic E-state index is 5.19. The number of hydrogen-bond donors (Lipinski definition) is 1. The van der Waals surface area contributed by atoms with Crippen LogP contribution in [0.5, 0.6) is 0 Å². The highest BCUT2D eigenvalue weighted by Gasteiger charge is 2.15. The molecule has 1 aromatic heterocycles. The Bertz CT molecular complexity index is 312. The molecular weight excluding hydrogens is 218 g/mol. The fourth-order valence-electron chi connectivity index (χ4n) is 1.87. The van der Waals surface area contributed by atoms with Gasteiger partial charge in [0.1, 0.15) is 6.61 Å². The number of methoxy groups -OCH3 is 1. The van der Waals surface area contributed by atoms with Crippen LogP contribution in [0.4, 0.5) is 0 Å². The molecule has 0 aromatic carbocycles. The van der Waals surface area contributed by atoms with Crippen LogP contribution >= 0.6 is 0 Å². The molecule has 0 fully saturated rings. The number of nitrogens with zero attached hydrogens (tertiary/aromatic N) is 2. The first kappa shape index (κ1) is 14.1. The van der Waals surface area contributed by atoms with Crippen molar-refractivity contribution in [2.24, 2.45) is 5.92 Å². The Labute approximate surface area is 103 Å². The van der Waals surface area contributed by atoms with E-state index < -0.39 is 0 Å². The van der Waals surface area contributed by atoms with Crippen LogP contribution in [0.15, 0.2) is 4.52 Å². The van der Waals surface area contributed by atoms with Gasteiger partial charge in [-0.15, -0.1) is 0 Å². The van der Waals surface area contributed by atoms with E-state index in [0.717, 1.165) is 19.4 Å². The van der Waals surface area contributed by atoms with Crippen LogP contribution in [0.3, 0.4) is 0 Å². The number of ether oxygens (including phenoxy) is 1. The van der Waals surface area contributed by atoms with Crippen LogP contribution in [-0.2, 0) is 17.8 Å². The molecule has 1 unspecified atom stereocenters. The van der Waals surface area contributed by atoms with E-state index in [9.17, 15) is 0 Å². The van der Waals surface area contributed by atoms with Crippen molar-refractivity contribution in [3.8, 4) is 0 Å². The smallest absolute Gasteiger partial charge is 0.228 e. The van der Waals surface area contributed by atoms with Crippen molar-refractivity contribution >= 4 is 0 Å². The second-order valence-electron chi connectivity index (χ2n) is 4.63. The summed E-state index contributed by atoms with van der Waals surface area (Å²) < 4.78 is 10.2. The molecule has 1 N–H and O–H groups in total. The lowest BCUT2D eigenvalue weighted by Gasteiger charge is -2.17. The van der Waals surface area contributed by atoms with Gasteiger partial charge >= 0.3 is 0 Å². The van der Waals surface area contributed by atoms with E-state index in [2.05, 4.69) is 36.2 Å². The molecular formula is C12H23N3O2. The summed E-state index contributed by atoms with van der Waals surface area (Å²) in [5, 5.41) is 7.30. The quantitative estimate of drug-likeness (QED) is 0.751. The molecule has 0 spiro atoms. The Hall–Kier alpha value is -0.940. The summed E-state index contributed by atoms with van der Waals surface area (Å²) in [4.78, 5) is 4.29. The van der Waals surface area contributed by atoms with Gasteiger partial charge in [0, 0.05) is 19.6 Å². The Kier molecular flexibility index (Phi) is 6.15. The maximum atomic E-state index is 5.19. The van der Waals surface area contributed by atoms with Gasteiger partial charge in [0.25, 0.3) is 0 Å². The van der Waals surface area contributed by atoms with Gasteiger partial charge in [-0.05, 0) is 18.9 Å². The molecule has 0 radical (unpaired) electrons. The molecule has 5 nitrogen and oxygen atoms in total. The highest BCUT2D eigenvalue weighted by molar-refractivity contribution is 4.88. The minimum Gasteiger partial charge on any atom is -0.377 e. The lowest BCUT2D eigenvalue weighted by atomic mass is 10.0. The highest BCUT2D eigenvalue weighted by atomic mass is 16.5. The van der Waals surface area contributed by atoms with Gasteiger partial charge in [-0.25, -0.2) is 0 Å². The van der Waals surface area contributed by atoms with Gasteiger partial charge in [0.2, 0.25) is 5.89 Å². The molecule has 0 saturated heterocycles. The Morgan fingerprint density at radius 2 is 2.18 bits per heavy atom. The predicted molar refractivity (Wildman–Crippen MR) is 65.6 cm³/mol. The summed E-state index contributed by atoms with van der Waals surface area (Å²) in [5.41, 5.74) is 0. The van der Waals surface area contributed by atoms with Crippen LogP contribution in [0, 0.1) is 5.92 Å². The number of aromatic nitrogens is 2. The third-order valence-corrected chi connectivity index (χ3v) is 2.45. The first-order chi connectivity index (χ1) is 8.15. The van der Waals surface area contributed by atoms with Crippen molar-refractivity contribution < 1.29 is 9.26 Å². The first-order valence-corrected chi connectivity index (χ1v) is 6.19. The molecule has 0 aliphatic rings. The minimum absolute atomic E-state index is 0.399. The zero-order valence-electron chi connectivity index (χ0n) is 11.2. The fraction of sp³-hybridized carbons (Fsp3) is 0.833. The van der Waals surface area contributed by atoms with Crippen molar-refractivity contribution in [2.45, 2.75) is 46.3 Å². The molecule has 0 amide bonds. The van der Waals surface area contributed by atoms with Crippen LogP contribution in [0.25, 0.3) is 0 Å². The standard InChI is InChI=1S/C12H23N3O2/c1-5-13-10(6-9(2)3)7-12-14-11(8-16-4)15-17-12/h9-10,13H,5-8H2,1-4H3. The van der Waals surface area contributed by atoms with Crippen LogP contribution in [0.2, 0.25) is 0 Å². The average molecular weight is 241 g/mol. The second kappa shape index (κ2) is 7.40. The number of likely N-dealkylation sites (N-methyl/N-ethyl adjacent to an activating group) is 1. The van der Waals surface area contributed by atoms with E-state index in [1.807, 2.05) is 0 Å². The molecule has 0 aliphatic carbocycles. The van der Waals surface area contributed by atoms with E-state index in [4.69, 9.17) is 9.26 Å². The third kappa shape index (κ3) is 5.28. The van der Waals surface area contributed by atoms with Gasteiger partial charge < -0.3 is 14.6 Å². The molecule has 1 rings (SSSR count). The van der Waals surface area contributed by atoms with Crippen molar-refractivity contribution in [2.75, 3.05) is 13.7 Å². The second-order valence-corrected chi connectivity index (χ2v) is 4.63. The largest absolute Gasteiger partial charge is 0.377 e. The molecule has 1 aromatic rings. The topological polar surface area (TPSA) is 60.2 Å². The van der Waals surface area contributed by atoms with Crippen molar-refractivity contribution in [3.05, 3.63) is 11.7 Å². The van der Waals surface area contributed by atoms with E-state index in [1.54, 1.807) is 7.11 Å². The molecule has 17 heavy (non-hydrogen) atoms. The first-order valence-electron chi connectivity index (χ1n) is 6.19. The summed E-state index contributed by atoms with van der Waals surface area (Å²) >= 11 is 0. The van der Waals surface area contributed by atoms with E-state index >= 15 is 0 Å². The minimum atomic E-state index is 0.399. The maximum Gasteiger partial charge on any atom is 0.228 e. The zero-order chi connectivity index (χ0) is 12.7. The van der Waals surface area contributed by atoms with E-state index in [-0.39, 0.29) is 0 Å². The van der Waals surface area contributed by atoms with Crippen molar-refractivity contribution in [3.63, 3.8) is 0 Å². The lowest BCUT2D eigenvalue weighted by Crippen LogP contribution is -2.32. The normalized spacial score (nSPS) is 13.2. The Morgan fingerprint density at radius 1 is 1.41 bits per heavy atom. The van der Waals surface area contributed by atoms with Gasteiger partial charge in [-0.2, -0.15) is 4.98 Å². The number of nitrogens with one attached hydrogen (secondary N) is 1. The molecule has 5 heteroatoms. The van der Waals surface area contributed by atoms with Crippen molar-refractivity contribution in [1.82, 2.24) is 15.5 Å². The van der Waals surface area contributed by atoms with E-state index in [0.29, 0.717) is 30.3 Å². The van der Waals surface area contributed by atoms with E-state index in [1.165, 1.54) is 0 Å². The van der Waals surface area contributed by atoms with Gasteiger partial charge in [-0.1, -0.05) is 25.9 Å². The molecule has 0 saturated carbocycles. The summed E-state index contributed by atoms with van der Waals surface area (Å²) in [7, 11) is 1.62. The molecule has 98 valence electrons.